The molecule has 1 saturated carbocycles. The topological polar surface area (TPSA) is 89.8 Å². The molecule has 0 amide bonds. The third-order valence-electron chi connectivity index (χ3n) is 2.97. The highest BCUT2D eigenvalue weighted by molar-refractivity contribution is 7.88. The van der Waals surface area contributed by atoms with Gasteiger partial charge in [-0.05, 0) is 23.3 Å². The molecule has 0 saturated heterocycles. The van der Waals surface area contributed by atoms with E-state index >= 15 is 0 Å². The molecular formula is C9H17N5O2S. The fourth-order valence-electron chi connectivity index (χ4n) is 2.13. The maximum absolute atomic E-state index is 11.0. The first-order valence-electron chi connectivity index (χ1n) is 5.77. The van der Waals surface area contributed by atoms with E-state index in [0.29, 0.717) is 11.9 Å². The highest BCUT2D eigenvalue weighted by Gasteiger charge is 2.20. The van der Waals surface area contributed by atoms with E-state index in [9.17, 15) is 8.42 Å². The third-order valence-corrected chi connectivity index (χ3v) is 3.64. The molecule has 8 heteroatoms. The Morgan fingerprint density at radius 1 is 1.35 bits per heavy atom. The van der Waals surface area contributed by atoms with Gasteiger partial charge < -0.3 is 0 Å². The fraction of sp³-hybridized carbons (Fsp3) is 0.889. The van der Waals surface area contributed by atoms with Gasteiger partial charge in [0, 0.05) is 0 Å². The molecule has 0 aliphatic heterocycles. The van der Waals surface area contributed by atoms with Gasteiger partial charge in [-0.2, -0.15) is 0 Å². The van der Waals surface area contributed by atoms with Crippen molar-refractivity contribution in [1.29, 1.82) is 0 Å². The standard InChI is InChI=1S/C9H17N5O2S/c1-17(15,16)10-7-9-11-12-13-14(9)8-5-3-2-4-6-8/h8,10H,2-7H2,1H3. The number of aromatic nitrogens is 4. The summed E-state index contributed by atoms with van der Waals surface area (Å²) in [4.78, 5) is 0. The van der Waals surface area contributed by atoms with E-state index in [2.05, 4.69) is 20.2 Å². The van der Waals surface area contributed by atoms with Gasteiger partial charge in [-0.1, -0.05) is 19.3 Å². The molecule has 0 bridgehead atoms. The molecule has 0 spiro atoms. The summed E-state index contributed by atoms with van der Waals surface area (Å²) in [6.07, 6.45) is 6.89. The van der Waals surface area contributed by atoms with E-state index in [4.69, 9.17) is 0 Å². The molecule has 2 rings (SSSR count). The smallest absolute Gasteiger partial charge is 0.209 e. The predicted molar refractivity (Wildman–Crippen MR) is 61.6 cm³/mol. The lowest BCUT2D eigenvalue weighted by Gasteiger charge is -2.22. The van der Waals surface area contributed by atoms with Crippen molar-refractivity contribution in [2.45, 2.75) is 44.7 Å². The quantitative estimate of drug-likeness (QED) is 0.835. The summed E-state index contributed by atoms with van der Waals surface area (Å²) in [5, 5.41) is 11.5. The summed E-state index contributed by atoms with van der Waals surface area (Å²) < 4.78 is 26.2. The Bertz CT molecular complexity index is 463. The highest BCUT2D eigenvalue weighted by Crippen LogP contribution is 2.27. The Balaban J connectivity index is 2.05. The lowest BCUT2D eigenvalue weighted by Crippen LogP contribution is -2.25. The molecule has 1 aromatic rings. The average molecular weight is 259 g/mol. The lowest BCUT2D eigenvalue weighted by molar-refractivity contribution is 0.316. The summed E-state index contributed by atoms with van der Waals surface area (Å²) in [6.45, 7) is 0.155. The number of nitrogens with one attached hydrogen (secondary N) is 1. The molecule has 1 N–H and O–H groups in total. The zero-order valence-corrected chi connectivity index (χ0v) is 10.7. The van der Waals surface area contributed by atoms with Crippen molar-refractivity contribution in [3.05, 3.63) is 5.82 Å². The van der Waals surface area contributed by atoms with Gasteiger partial charge in [-0.3, -0.25) is 0 Å². The monoisotopic (exact) mass is 259 g/mol. The maximum Gasteiger partial charge on any atom is 0.209 e. The molecule has 1 heterocycles. The van der Waals surface area contributed by atoms with Crippen LogP contribution < -0.4 is 4.72 Å². The van der Waals surface area contributed by atoms with Crippen LogP contribution in [-0.2, 0) is 16.6 Å². The molecule has 17 heavy (non-hydrogen) atoms. The second kappa shape index (κ2) is 5.09. The van der Waals surface area contributed by atoms with Crippen molar-refractivity contribution in [3.63, 3.8) is 0 Å². The van der Waals surface area contributed by atoms with Gasteiger partial charge in [0.2, 0.25) is 10.0 Å². The van der Waals surface area contributed by atoms with E-state index in [1.165, 1.54) is 19.3 Å². The van der Waals surface area contributed by atoms with Crippen LogP contribution in [0.1, 0.15) is 44.0 Å². The Labute approximate surface area is 101 Å². The number of hydrogen-bond acceptors (Lipinski definition) is 5. The number of rotatable bonds is 4. The molecule has 0 unspecified atom stereocenters. The van der Waals surface area contributed by atoms with Gasteiger partial charge in [-0.15, -0.1) is 5.10 Å². The first-order valence-corrected chi connectivity index (χ1v) is 7.67. The molecule has 1 aliphatic rings. The van der Waals surface area contributed by atoms with E-state index < -0.39 is 10.0 Å². The van der Waals surface area contributed by atoms with Crippen molar-refractivity contribution >= 4 is 10.0 Å². The second-order valence-electron chi connectivity index (χ2n) is 4.42. The third kappa shape index (κ3) is 3.47. The van der Waals surface area contributed by atoms with Crippen LogP contribution in [0, 0.1) is 0 Å². The van der Waals surface area contributed by atoms with Crippen molar-refractivity contribution in [3.8, 4) is 0 Å². The summed E-state index contributed by atoms with van der Waals surface area (Å²) in [5.74, 6) is 0.585. The normalized spacial score (nSPS) is 18.4. The van der Waals surface area contributed by atoms with Gasteiger partial charge in [0.15, 0.2) is 5.82 Å². The van der Waals surface area contributed by atoms with Gasteiger partial charge in [0.1, 0.15) is 0 Å². The largest absolute Gasteiger partial charge is 0.225 e. The fourth-order valence-corrected chi connectivity index (χ4v) is 2.52. The minimum atomic E-state index is -3.21. The molecule has 0 atom stereocenters. The van der Waals surface area contributed by atoms with E-state index in [1.807, 2.05) is 0 Å². The molecule has 0 radical (unpaired) electrons. The first-order chi connectivity index (χ1) is 8.06. The average Bonchev–Trinajstić information content (AvgIpc) is 2.75. The van der Waals surface area contributed by atoms with Crippen molar-refractivity contribution < 1.29 is 8.42 Å². The molecule has 7 nitrogen and oxygen atoms in total. The van der Waals surface area contributed by atoms with Crippen LogP contribution >= 0.6 is 0 Å². The van der Waals surface area contributed by atoms with Crippen molar-refractivity contribution in [2.75, 3.05) is 6.26 Å². The van der Waals surface area contributed by atoms with Crippen LogP contribution in [0.4, 0.5) is 0 Å². The number of hydrogen-bond donors (Lipinski definition) is 1. The molecule has 96 valence electrons. The molecule has 1 aromatic heterocycles. The Kier molecular flexibility index (Phi) is 3.72. The van der Waals surface area contributed by atoms with Crippen LogP contribution in [0.2, 0.25) is 0 Å². The zero-order chi connectivity index (χ0) is 12.3. The van der Waals surface area contributed by atoms with Gasteiger partial charge in [-0.25, -0.2) is 17.8 Å². The minimum Gasteiger partial charge on any atom is -0.225 e. The summed E-state index contributed by atoms with van der Waals surface area (Å²) in [7, 11) is -3.21. The van der Waals surface area contributed by atoms with E-state index in [0.717, 1.165) is 19.1 Å². The summed E-state index contributed by atoms with van der Waals surface area (Å²) >= 11 is 0. The highest BCUT2D eigenvalue weighted by atomic mass is 32.2. The molecule has 1 fully saturated rings. The lowest BCUT2D eigenvalue weighted by atomic mass is 9.96. The molecule has 1 aliphatic carbocycles. The predicted octanol–water partition coefficient (Wildman–Crippen LogP) is 0.227. The number of tetrazole rings is 1. The van der Waals surface area contributed by atoms with Gasteiger partial charge >= 0.3 is 0 Å². The van der Waals surface area contributed by atoms with E-state index in [-0.39, 0.29) is 6.54 Å². The van der Waals surface area contributed by atoms with Crippen LogP contribution in [0.3, 0.4) is 0 Å². The SMILES string of the molecule is CS(=O)(=O)NCc1nnnn1C1CCCCC1. The van der Waals surface area contributed by atoms with Gasteiger partial charge in [0.05, 0.1) is 18.8 Å². The van der Waals surface area contributed by atoms with Crippen LogP contribution in [0.5, 0.6) is 0 Å². The summed E-state index contributed by atoms with van der Waals surface area (Å²) in [6, 6.07) is 0.315. The number of nitrogens with zero attached hydrogens (tertiary/aromatic N) is 4. The Morgan fingerprint density at radius 2 is 2.06 bits per heavy atom. The Morgan fingerprint density at radius 3 is 2.71 bits per heavy atom. The summed E-state index contributed by atoms with van der Waals surface area (Å²) in [5.41, 5.74) is 0. The van der Waals surface area contributed by atoms with Crippen LogP contribution in [0.15, 0.2) is 0 Å². The molecular weight excluding hydrogens is 242 g/mol. The maximum atomic E-state index is 11.0. The minimum absolute atomic E-state index is 0.155. The Hall–Kier alpha value is -1.02. The number of sulfonamides is 1. The van der Waals surface area contributed by atoms with Crippen LogP contribution in [-0.4, -0.2) is 34.9 Å². The van der Waals surface area contributed by atoms with Gasteiger partial charge in [0.25, 0.3) is 0 Å². The van der Waals surface area contributed by atoms with Crippen LogP contribution in [0.25, 0.3) is 0 Å². The molecule has 0 aromatic carbocycles. The van der Waals surface area contributed by atoms with E-state index in [1.54, 1.807) is 4.68 Å². The zero-order valence-electron chi connectivity index (χ0n) is 9.83. The van der Waals surface area contributed by atoms with Crippen molar-refractivity contribution in [2.24, 2.45) is 0 Å². The van der Waals surface area contributed by atoms with Crippen molar-refractivity contribution in [1.82, 2.24) is 24.9 Å². The second-order valence-corrected chi connectivity index (χ2v) is 6.26. The first kappa shape index (κ1) is 12.4.